The average molecular weight is 232 g/mol. The topological polar surface area (TPSA) is 89.9 Å². The summed E-state index contributed by atoms with van der Waals surface area (Å²) in [5.74, 6) is -3.58. The van der Waals surface area contributed by atoms with Crippen LogP contribution in [0.5, 0.6) is 0 Å². The zero-order valence-electron chi connectivity index (χ0n) is 9.56. The molecular formula is C10H16O6. The molecule has 0 radical (unpaired) electrons. The first-order valence-corrected chi connectivity index (χ1v) is 4.97. The molecule has 0 aromatic carbocycles. The van der Waals surface area contributed by atoms with Crippen molar-refractivity contribution in [3.8, 4) is 0 Å². The molecule has 1 N–H and O–H groups in total. The predicted octanol–water partition coefficient (Wildman–Crippen LogP) is -0.321. The SMILES string of the molecule is CCOC(=O)C(O)(C(=O)OCC)[C@@H](C)C=O. The highest BCUT2D eigenvalue weighted by atomic mass is 16.6. The van der Waals surface area contributed by atoms with Crippen LogP contribution >= 0.6 is 0 Å². The third kappa shape index (κ3) is 2.79. The van der Waals surface area contributed by atoms with E-state index in [-0.39, 0.29) is 13.2 Å². The Morgan fingerprint density at radius 2 is 1.62 bits per heavy atom. The molecular weight excluding hydrogens is 216 g/mol. The molecule has 0 bridgehead atoms. The lowest BCUT2D eigenvalue weighted by Gasteiger charge is -2.25. The van der Waals surface area contributed by atoms with E-state index in [0.717, 1.165) is 0 Å². The van der Waals surface area contributed by atoms with Gasteiger partial charge in [-0.1, -0.05) is 6.92 Å². The van der Waals surface area contributed by atoms with E-state index in [1.54, 1.807) is 0 Å². The van der Waals surface area contributed by atoms with Crippen molar-refractivity contribution in [1.82, 2.24) is 0 Å². The number of hydrogen-bond donors (Lipinski definition) is 1. The van der Waals surface area contributed by atoms with Crippen molar-refractivity contribution in [2.45, 2.75) is 26.4 Å². The second kappa shape index (κ2) is 6.22. The number of carbonyl (C=O) groups is 3. The molecule has 0 saturated heterocycles. The van der Waals surface area contributed by atoms with Crippen LogP contribution in [-0.4, -0.2) is 42.1 Å². The number of carbonyl (C=O) groups excluding carboxylic acids is 3. The summed E-state index contributed by atoms with van der Waals surface area (Å²) in [5.41, 5.74) is -2.56. The highest BCUT2D eigenvalue weighted by Gasteiger charge is 2.52. The van der Waals surface area contributed by atoms with Gasteiger partial charge in [-0.15, -0.1) is 0 Å². The highest BCUT2D eigenvalue weighted by molar-refractivity contribution is 6.05. The van der Waals surface area contributed by atoms with E-state index in [9.17, 15) is 19.5 Å². The summed E-state index contributed by atoms with van der Waals surface area (Å²) in [6.45, 7) is 4.27. The Hall–Kier alpha value is -1.43. The number of esters is 2. The minimum Gasteiger partial charge on any atom is -0.463 e. The maximum atomic E-state index is 11.4. The molecule has 0 fully saturated rings. The molecule has 0 aromatic heterocycles. The van der Waals surface area contributed by atoms with E-state index >= 15 is 0 Å². The summed E-state index contributed by atoms with van der Waals surface area (Å²) < 4.78 is 9.10. The first-order valence-electron chi connectivity index (χ1n) is 4.97. The van der Waals surface area contributed by atoms with Gasteiger partial charge in [0.2, 0.25) is 0 Å². The summed E-state index contributed by atoms with van der Waals surface area (Å²) in [6.07, 6.45) is 0.299. The second-order valence-electron chi connectivity index (χ2n) is 3.13. The maximum absolute atomic E-state index is 11.4. The molecule has 0 spiro atoms. The molecule has 0 heterocycles. The molecule has 16 heavy (non-hydrogen) atoms. The number of rotatable bonds is 6. The lowest BCUT2D eigenvalue weighted by Crippen LogP contribution is -2.54. The van der Waals surface area contributed by atoms with Crippen LogP contribution in [0.4, 0.5) is 0 Å². The van der Waals surface area contributed by atoms with Crippen LogP contribution in [-0.2, 0) is 23.9 Å². The van der Waals surface area contributed by atoms with Crippen LogP contribution in [0.3, 0.4) is 0 Å². The standard InChI is InChI=1S/C10H16O6/c1-4-15-8(12)10(14,7(3)6-11)9(13)16-5-2/h6-7,14H,4-5H2,1-3H3/t7-/m0/s1. The summed E-state index contributed by atoms with van der Waals surface area (Å²) in [5, 5.41) is 9.90. The molecule has 1 atom stereocenters. The Kier molecular flexibility index (Phi) is 5.66. The number of hydrogen-bond acceptors (Lipinski definition) is 6. The monoisotopic (exact) mass is 232 g/mol. The molecule has 0 amide bonds. The van der Waals surface area contributed by atoms with Crippen LogP contribution in [0.1, 0.15) is 20.8 Å². The lowest BCUT2D eigenvalue weighted by molar-refractivity contribution is -0.189. The summed E-state index contributed by atoms with van der Waals surface area (Å²) in [7, 11) is 0. The van der Waals surface area contributed by atoms with Crippen molar-refractivity contribution in [2.24, 2.45) is 5.92 Å². The number of aldehydes is 1. The number of ether oxygens (including phenoxy) is 2. The van der Waals surface area contributed by atoms with Gasteiger partial charge in [0.15, 0.2) is 0 Å². The molecule has 0 aliphatic rings. The van der Waals surface area contributed by atoms with Gasteiger partial charge in [0.05, 0.1) is 19.1 Å². The van der Waals surface area contributed by atoms with Crippen molar-refractivity contribution in [3.05, 3.63) is 0 Å². The molecule has 0 rings (SSSR count). The summed E-state index contributed by atoms with van der Waals surface area (Å²) in [6, 6.07) is 0. The fraction of sp³-hybridized carbons (Fsp3) is 0.700. The van der Waals surface area contributed by atoms with Gasteiger partial charge < -0.3 is 19.4 Å². The highest BCUT2D eigenvalue weighted by Crippen LogP contribution is 2.20. The Morgan fingerprint density at radius 3 is 1.88 bits per heavy atom. The summed E-state index contributed by atoms with van der Waals surface area (Å²) >= 11 is 0. The quantitative estimate of drug-likeness (QED) is 0.383. The Bertz CT molecular complexity index is 254. The predicted molar refractivity (Wildman–Crippen MR) is 53.4 cm³/mol. The van der Waals surface area contributed by atoms with Crippen LogP contribution in [0, 0.1) is 5.92 Å². The van der Waals surface area contributed by atoms with Crippen molar-refractivity contribution >= 4 is 18.2 Å². The van der Waals surface area contributed by atoms with Gasteiger partial charge in [-0.25, -0.2) is 9.59 Å². The Balaban J connectivity index is 5.09. The van der Waals surface area contributed by atoms with Crippen LogP contribution < -0.4 is 0 Å². The zero-order chi connectivity index (χ0) is 12.8. The normalized spacial score (nSPS) is 12.8. The Labute approximate surface area is 93.5 Å². The van der Waals surface area contributed by atoms with Gasteiger partial charge in [0.1, 0.15) is 6.29 Å². The molecule has 0 aliphatic carbocycles. The van der Waals surface area contributed by atoms with E-state index in [4.69, 9.17) is 0 Å². The van der Waals surface area contributed by atoms with Crippen LogP contribution in [0.15, 0.2) is 0 Å². The van der Waals surface area contributed by atoms with Crippen molar-refractivity contribution in [2.75, 3.05) is 13.2 Å². The minimum absolute atomic E-state index is 0.00781. The van der Waals surface area contributed by atoms with E-state index in [1.165, 1.54) is 20.8 Å². The average Bonchev–Trinajstić information content (AvgIpc) is 2.27. The fourth-order valence-electron chi connectivity index (χ4n) is 1.04. The summed E-state index contributed by atoms with van der Waals surface area (Å²) in [4.78, 5) is 33.5. The molecule has 0 aromatic rings. The van der Waals surface area contributed by atoms with Crippen molar-refractivity contribution in [1.29, 1.82) is 0 Å². The lowest BCUT2D eigenvalue weighted by atomic mass is 9.90. The van der Waals surface area contributed by atoms with E-state index in [1.807, 2.05) is 0 Å². The van der Waals surface area contributed by atoms with E-state index < -0.39 is 23.5 Å². The van der Waals surface area contributed by atoms with Crippen molar-refractivity contribution < 1.29 is 29.0 Å². The van der Waals surface area contributed by atoms with Gasteiger partial charge in [-0.05, 0) is 13.8 Å². The Morgan fingerprint density at radius 1 is 1.25 bits per heavy atom. The first kappa shape index (κ1) is 14.6. The first-order chi connectivity index (χ1) is 7.44. The fourth-order valence-corrected chi connectivity index (χ4v) is 1.04. The van der Waals surface area contributed by atoms with Crippen molar-refractivity contribution in [3.63, 3.8) is 0 Å². The third-order valence-corrected chi connectivity index (χ3v) is 2.04. The van der Waals surface area contributed by atoms with Gasteiger partial charge in [0.25, 0.3) is 5.60 Å². The molecule has 0 aliphatic heterocycles. The molecule has 0 unspecified atom stereocenters. The molecule has 6 heteroatoms. The zero-order valence-corrected chi connectivity index (χ0v) is 9.56. The largest absolute Gasteiger partial charge is 0.463 e. The number of aliphatic hydroxyl groups is 1. The van der Waals surface area contributed by atoms with Gasteiger partial charge >= 0.3 is 11.9 Å². The smallest absolute Gasteiger partial charge is 0.350 e. The van der Waals surface area contributed by atoms with Crippen LogP contribution in [0.2, 0.25) is 0 Å². The van der Waals surface area contributed by atoms with Crippen LogP contribution in [0.25, 0.3) is 0 Å². The van der Waals surface area contributed by atoms with E-state index in [0.29, 0.717) is 6.29 Å². The van der Waals surface area contributed by atoms with Gasteiger partial charge in [0, 0.05) is 0 Å². The third-order valence-electron chi connectivity index (χ3n) is 2.04. The van der Waals surface area contributed by atoms with E-state index in [2.05, 4.69) is 9.47 Å². The molecule has 92 valence electrons. The van der Waals surface area contributed by atoms with Gasteiger partial charge in [-0.2, -0.15) is 0 Å². The maximum Gasteiger partial charge on any atom is 0.350 e. The second-order valence-corrected chi connectivity index (χ2v) is 3.13. The molecule has 6 nitrogen and oxygen atoms in total. The molecule has 0 saturated carbocycles. The minimum atomic E-state index is -2.56. The van der Waals surface area contributed by atoms with Gasteiger partial charge in [-0.3, -0.25) is 0 Å².